The number of piperidine rings is 1. The Morgan fingerprint density at radius 1 is 0.900 bits per heavy atom. The normalized spacial score (nSPS) is 26.2. The molecule has 5 rings (SSSR count). The maximum atomic E-state index is 12.8. The number of rotatable bonds is 6. The maximum Gasteiger partial charge on any atom is 0.223 e. The van der Waals surface area contributed by atoms with E-state index in [0.29, 0.717) is 12.1 Å². The number of hydrogen-bond donors (Lipinski definition) is 1. The predicted octanol–water partition coefficient (Wildman–Crippen LogP) is 5.85. The van der Waals surface area contributed by atoms with Crippen LogP contribution in [-0.2, 0) is 4.79 Å². The highest BCUT2D eigenvalue weighted by Crippen LogP contribution is 2.48. The van der Waals surface area contributed by atoms with Gasteiger partial charge in [-0.3, -0.25) is 9.69 Å². The third-order valence-electron chi connectivity index (χ3n) is 7.12. The molecule has 3 nitrogen and oxygen atoms in total. The summed E-state index contributed by atoms with van der Waals surface area (Å²) in [5.74, 6) is 1.09. The first-order valence-electron chi connectivity index (χ1n) is 11.2. The minimum Gasteiger partial charge on any atom is -0.356 e. The van der Waals surface area contributed by atoms with Crippen LogP contribution >= 0.6 is 23.2 Å². The van der Waals surface area contributed by atoms with Crippen LogP contribution in [-0.4, -0.2) is 29.4 Å². The van der Waals surface area contributed by atoms with Gasteiger partial charge in [-0.2, -0.15) is 0 Å². The van der Waals surface area contributed by atoms with Gasteiger partial charge in [0.05, 0.1) is 6.04 Å². The van der Waals surface area contributed by atoms with Gasteiger partial charge in [0.1, 0.15) is 0 Å². The number of benzene rings is 2. The molecule has 2 heterocycles. The van der Waals surface area contributed by atoms with E-state index in [-0.39, 0.29) is 17.9 Å². The largest absolute Gasteiger partial charge is 0.356 e. The second-order valence-corrected chi connectivity index (χ2v) is 9.95. The van der Waals surface area contributed by atoms with Crippen LogP contribution in [0.3, 0.4) is 0 Å². The zero-order valence-electron chi connectivity index (χ0n) is 17.1. The van der Waals surface area contributed by atoms with E-state index in [1.54, 1.807) is 0 Å². The van der Waals surface area contributed by atoms with Crippen molar-refractivity contribution < 1.29 is 4.79 Å². The van der Waals surface area contributed by atoms with Gasteiger partial charge in [0.25, 0.3) is 0 Å². The fourth-order valence-electron chi connectivity index (χ4n) is 5.44. The highest BCUT2D eigenvalue weighted by Gasteiger charge is 2.47. The van der Waals surface area contributed by atoms with E-state index in [9.17, 15) is 4.79 Å². The number of nitrogens with zero attached hydrogens (tertiary/aromatic N) is 1. The highest BCUT2D eigenvalue weighted by atomic mass is 35.5. The monoisotopic (exact) mass is 442 g/mol. The van der Waals surface area contributed by atoms with Crippen LogP contribution in [0.4, 0.5) is 0 Å². The van der Waals surface area contributed by atoms with Crippen LogP contribution in [0.15, 0.2) is 48.5 Å². The summed E-state index contributed by atoms with van der Waals surface area (Å²) in [6, 6.07) is 16.9. The molecule has 3 aliphatic rings. The Morgan fingerprint density at radius 3 is 1.93 bits per heavy atom. The molecule has 1 aliphatic carbocycles. The van der Waals surface area contributed by atoms with Crippen molar-refractivity contribution in [3.8, 4) is 0 Å². The van der Waals surface area contributed by atoms with Gasteiger partial charge in [-0.25, -0.2) is 0 Å². The zero-order chi connectivity index (χ0) is 20.7. The number of amides is 1. The summed E-state index contributed by atoms with van der Waals surface area (Å²) >= 11 is 13.4. The van der Waals surface area contributed by atoms with Gasteiger partial charge in [0, 0.05) is 34.6 Å². The van der Waals surface area contributed by atoms with Crippen molar-refractivity contribution >= 4 is 29.1 Å². The van der Waals surface area contributed by atoms with E-state index in [1.165, 1.54) is 12.8 Å². The second-order valence-electron chi connectivity index (χ2n) is 9.13. The average molecular weight is 443 g/mol. The SMILES string of the molecule is O=C(NCC1CC1)C1CC2CCC(C1)N2C(c1ccccc1Cl)c1ccccc1Cl. The van der Waals surface area contributed by atoms with Crippen LogP contribution in [0, 0.1) is 11.8 Å². The van der Waals surface area contributed by atoms with Crippen LogP contribution in [0.5, 0.6) is 0 Å². The Balaban J connectivity index is 1.43. The summed E-state index contributed by atoms with van der Waals surface area (Å²) in [5.41, 5.74) is 2.20. The molecule has 1 N–H and O–H groups in total. The molecule has 3 fully saturated rings. The summed E-state index contributed by atoms with van der Waals surface area (Å²) in [4.78, 5) is 15.4. The molecule has 2 aliphatic heterocycles. The lowest BCUT2D eigenvalue weighted by atomic mass is 9.86. The molecule has 2 bridgehead atoms. The van der Waals surface area contributed by atoms with Crippen molar-refractivity contribution in [1.29, 1.82) is 0 Å². The number of carbonyl (C=O) groups excluding carboxylic acids is 1. The van der Waals surface area contributed by atoms with Crippen molar-refractivity contribution in [2.45, 2.75) is 56.7 Å². The molecular formula is C25H28Cl2N2O. The molecule has 0 aromatic heterocycles. The Hall–Kier alpha value is -1.55. The number of hydrogen-bond acceptors (Lipinski definition) is 2. The summed E-state index contributed by atoms with van der Waals surface area (Å²) in [6.07, 6.45) is 6.62. The van der Waals surface area contributed by atoms with E-state index < -0.39 is 0 Å². The standard InChI is InChI=1S/C25H28Cl2N2O/c26-22-7-3-1-5-20(22)24(21-6-2-4-8-23(21)27)29-18-11-12-19(29)14-17(13-18)25(30)28-15-16-9-10-16/h1-8,16-19,24H,9-15H2,(H,28,30). The maximum absolute atomic E-state index is 12.8. The highest BCUT2D eigenvalue weighted by molar-refractivity contribution is 6.32. The first-order chi connectivity index (χ1) is 14.6. The Morgan fingerprint density at radius 2 is 1.43 bits per heavy atom. The number of nitrogens with one attached hydrogen (secondary N) is 1. The minimum absolute atomic E-state index is 0.0142. The van der Waals surface area contributed by atoms with Crippen molar-refractivity contribution in [1.82, 2.24) is 10.2 Å². The Bertz CT molecular complexity index is 869. The fraction of sp³-hybridized carbons (Fsp3) is 0.480. The van der Waals surface area contributed by atoms with Gasteiger partial charge in [-0.05, 0) is 67.7 Å². The summed E-state index contributed by atoms with van der Waals surface area (Å²) < 4.78 is 0. The molecule has 158 valence electrons. The minimum atomic E-state index is 0.0142. The lowest BCUT2D eigenvalue weighted by Crippen LogP contribution is -2.48. The number of carbonyl (C=O) groups is 1. The molecule has 5 heteroatoms. The molecule has 2 saturated heterocycles. The van der Waals surface area contributed by atoms with Gasteiger partial charge < -0.3 is 5.32 Å². The molecular weight excluding hydrogens is 415 g/mol. The van der Waals surface area contributed by atoms with Crippen LogP contribution in [0.2, 0.25) is 10.0 Å². The third-order valence-corrected chi connectivity index (χ3v) is 7.81. The quantitative estimate of drug-likeness (QED) is 0.607. The number of halogens is 2. The molecule has 30 heavy (non-hydrogen) atoms. The molecule has 1 amide bonds. The van der Waals surface area contributed by atoms with Crippen LogP contribution < -0.4 is 5.32 Å². The first kappa shape index (κ1) is 20.4. The predicted molar refractivity (Wildman–Crippen MR) is 122 cm³/mol. The van der Waals surface area contributed by atoms with Gasteiger partial charge in [-0.15, -0.1) is 0 Å². The lowest BCUT2D eigenvalue weighted by molar-refractivity contribution is -0.127. The van der Waals surface area contributed by atoms with Gasteiger partial charge in [-0.1, -0.05) is 59.6 Å². The average Bonchev–Trinajstić information content (AvgIpc) is 3.54. The molecule has 2 atom stereocenters. The van der Waals surface area contributed by atoms with Crippen molar-refractivity contribution in [2.24, 2.45) is 11.8 Å². The molecule has 2 aromatic carbocycles. The van der Waals surface area contributed by atoms with Crippen molar-refractivity contribution in [3.05, 3.63) is 69.7 Å². The van der Waals surface area contributed by atoms with Gasteiger partial charge >= 0.3 is 0 Å². The summed E-state index contributed by atoms with van der Waals surface area (Å²) in [7, 11) is 0. The van der Waals surface area contributed by atoms with E-state index >= 15 is 0 Å². The lowest BCUT2D eigenvalue weighted by Gasteiger charge is -2.44. The topological polar surface area (TPSA) is 32.3 Å². The zero-order valence-corrected chi connectivity index (χ0v) is 18.6. The summed E-state index contributed by atoms with van der Waals surface area (Å²) in [6.45, 7) is 0.857. The molecule has 0 spiro atoms. The Kier molecular flexibility index (Phi) is 5.79. The fourth-order valence-corrected chi connectivity index (χ4v) is 5.92. The first-order valence-corrected chi connectivity index (χ1v) is 11.9. The van der Waals surface area contributed by atoms with E-state index in [0.717, 1.165) is 59.3 Å². The van der Waals surface area contributed by atoms with Gasteiger partial charge in [0.15, 0.2) is 0 Å². The third kappa shape index (κ3) is 4.00. The van der Waals surface area contributed by atoms with Gasteiger partial charge in [0.2, 0.25) is 5.91 Å². The van der Waals surface area contributed by atoms with E-state index in [2.05, 4.69) is 22.3 Å². The van der Waals surface area contributed by atoms with Crippen molar-refractivity contribution in [3.63, 3.8) is 0 Å². The van der Waals surface area contributed by atoms with E-state index in [1.807, 2.05) is 36.4 Å². The van der Waals surface area contributed by atoms with Crippen LogP contribution in [0.25, 0.3) is 0 Å². The number of fused-ring (bicyclic) bond motifs is 2. The second kappa shape index (κ2) is 8.53. The molecule has 0 radical (unpaired) electrons. The van der Waals surface area contributed by atoms with Crippen molar-refractivity contribution in [2.75, 3.05) is 6.54 Å². The molecule has 2 unspecified atom stereocenters. The van der Waals surface area contributed by atoms with E-state index in [4.69, 9.17) is 23.2 Å². The smallest absolute Gasteiger partial charge is 0.223 e. The Labute approximate surface area is 188 Å². The summed E-state index contributed by atoms with van der Waals surface area (Å²) in [5, 5.41) is 4.75. The van der Waals surface area contributed by atoms with Crippen LogP contribution in [0.1, 0.15) is 55.7 Å². The molecule has 2 aromatic rings. The molecule has 1 saturated carbocycles.